The highest BCUT2D eigenvalue weighted by Gasteiger charge is 2.23. The number of carbonyl (C=O) groups is 1. The van der Waals surface area contributed by atoms with Crippen LogP contribution in [0.5, 0.6) is 17.2 Å². The fourth-order valence-corrected chi connectivity index (χ4v) is 4.81. The number of carbonyl (C=O) groups excluding carboxylic acids is 1. The van der Waals surface area contributed by atoms with Crippen molar-refractivity contribution in [2.45, 2.75) is 19.3 Å². The fourth-order valence-electron chi connectivity index (χ4n) is 3.77. The van der Waals surface area contributed by atoms with Gasteiger partial charge < -0.3 is 19.5 Å². The molecule has 0 atom stereocenters. The maximum Gasteiger partial charge on any atom is 0.263 e. The van der Waals surface area contributed by atoms with E-state index in [1.54, 1.807) is 13.2 Å². The molecule has 0 saturated carbocycles. The third kappa shape index (κ3) is 6.05. The van der Waals surface area contributed by atoms with Crippen LogP contribution in [0.15, 0.2) is 77.7 Å². The number of nitrogens with one attached hydrogen (secondary N) is 1. The zero-order chi connectivity index (χ0) is 24.8. The molecule has 1 saturated heterocycles. The first kappa shape index (κ1) is 24.8. The van der Waals surface area contributed by atoms with Gasteiger partial charge in [0.1, 0.15) is 23.3 Å². The Labute approximate surface area is 215 Å². The molecule has 3 aromatic carbocycles. The van der Waals surface area contributed by atoms with Crippen LogP contribution in [0.4, 0.5) is 0 Å². The molecule has 1 aliphatic rings. The van der Waals surface area contributed by atoms with E-state index in [0.717, 1.165) is 11.3 Å². The van der Waals surface area contributed by atoms with E-state index in [1.165, 1.54) is 22.9 Å². The molecule has 0 radical (unpaired) electrons. The largest absolute Gasteiger partial charge is 0.493 e. The molecular weight excluding hydrogens is 478 g/mol. The minimum atomic E-state index is -0.187. The molecule has 4 rings (SSSR count). The second-order valence-corrected chi connectivity index (χ2v) is 10.2. The molecule has 1 heterocycles. The summed E-state index contributed by atoms with van der Waals surface area (Å²) in [5, 5.41) is 2.61. The highest BCUT2D eigenvalue weighted by atomic mass is 32.2. The predicted octanol–water partition coefficient (Wildman–Crippen LogP) is 5.97. The number of amides is 1. The summed E-state index contributed by atoms with van der Waals surface area (Å²) in [5.74, 6) is 1.79. The van der Waals surface area contributed by atoms with Gasteiger partial charge in [0.2, 0.25) is 0 Å². The number of thioether (sulfide) groups is 1. The van der Waals surface area contributed by atoms with E-state index in [4.69, 9.17) is 26.4 Å². The minimum Gasteiger partial charge on any atom is -0.493 e. The molecule has 35 heavy (non-hydrogen) atoms. The van der Waals surface area contributed by atoms with E-state index in [-0.39, 0.29) is 11.3 Å². The van der Waals surface area contributed by atoms with Crippen molar-refractivity contribution in [3.05, 3.63) is 94.4 Å². The Hall–Kier alpha value is -3.29. The smallest absolute Gasteiger partial charge is 0.263 e. The van der Waals surface area contributed by atoms with Gasteiger partial charge in [-0.15, -0.1) is 0 Å². The SMILES string of the molecule is COc1cc(C=C2SC(=S)NC2=O)ccc1OCCOc1ccc(C(C)(C)c2ccccc2)cc1. The molecule has 3 aromatic rings. The van der Waals surface area contributed by atoms with Crippen LogP contribution in [0, 0.1) is 0 Å². The quantitative estimate of drug-likeness (QED) is 0.220. The molecule has 180 valence electrons. The van der Waals surface area contributed by atoms with Crippen molar-refractivity contribution in [3.8, 4) is 17.2 Å². The number of benzene rings is 3. The molecule has 7 heteroatoms. The zero-order valence-electron chi connectivity index (χ0n) is 19.9. The molecule has 5 nitrogen and oxygen atoms in total. The van der Waals surface area contributed by atoms with Crippen LogP contribution < -0.4 is 19.5 Å². The van der Waals surface area contributed by atoms with Crippen molar-refractivity contribution >= 4 is 40.3 Å². The zero-order valence-corrected chi connectivity index (χ0v) is 21.5. The van der Waals surface area contributed by atoms with Crippen molar-refractivity contribution < 1.29 is 19.0 Å². The van der Waals surface area contributed by atoms with Gasteiger partial charge in [0.05, 0.1) is 12.0 Å². The first-order valence-corrected chi connectivity index (χ1v) is 12.4. The Morgan fingerprint density at radius 3 is 2.26 bits per heavy atom. The lowest BCUT2D eigenvalue weighted by Crippen LogP contribution is -2.18. The first-order valence-electron chi connectivity index (χ1n) is 11.2. The van der Waals surface area contributed by atoms with Gasteiger partial charge in [-0.2, -0.15) is 0 Å². The van der Waals surface area contributed by atoms with Gasteiger partial charge in [-0.25, -0.2) is 0 Å². The lowest BCUT2D eigenvalue weighted by molar-refractivity contribution is -0.115. The van der Waals surface area contributed by atoms with Crippen molar-refractivity contribution in [1.29, 1.82) is 0 Å². The van der Waals surface area contributed by atoms with E-state index in [2.05, 4.69) is 55.6 Å². The Kier molecular flexibility index (Phi) is 7.78. The summed E-state index contributed by atoms with van der Waals surface area (Å²) >= 11 is 6.27. The van der Waals surface area contributed by atoms with Gasteiger partial charge in [-0.1, -0.05) is 86.4 Å². The van der Waals surface area contributed by atoms with Crippen molar-refractivity contribution in [3.63, 3.8) is 0 Å². The van der Waals surface area contributed by atoms with Crippen molar-refractivity contribution in [1.82, 2.24) is 5.32 Å². The summed E-state index contributed by atoms with van der Waals surface area (Å²) < 4.78 is 17.7. The van der Waals surface area contributed by atoms with Crippen LogP contribution in [0.25, 0.3) is 6.08 Å². The van der Waals surface area contributed by atoms with E-state index in [1.807, 2.05) is 36.4 Å². The van der Waals surface area contributed by atoms with Gasteiger partial charge in [0.25, 0.3) is 5.91 Å². The van der Waals surface area contributed by atoms with Crippen LogP contribution in [0.1, 0.15) is 30.5 Å². The second kappa shape index (κ2) is 11.0. The van der Waals surface area contributed by atoms with Gasteiger partial charge in [0.15, 0.2) is 11.5 Å². The number of thiocarbonyl (C=S) groups is 1. The summed E-state index contributed by atoms with van der Waals surface area (Å²) in [6.45, 7) is 5.19. The molecule has 0 aromatic heterocycles. The number of methoxy groups -OCH3 is 1. The lowest BCUT2D eigenvalue weighted by atomic mass is 9.78. The Bertz CT molecular complexity index is 1240. The van der Waals surface area contributed by atoms with Gasteiger partial charge in [-0.05, 0) is 47.0 Å². The predicted molar refractivity (Wildman–Crippen MR) is 145 cm³/mol. The Morgan fingerprint density at radius 2 is 1.60 bits per heavy atom. The Morgan fingerprint density at radius 1 is 0.914 bits per heavy atom. The monoisotopic (exact) mass is 505 g/mol. The van der Waals surface area contributed by atoms with Crippen LogP contribution in [-0.4, -0.2) is 30.6 Å². The number of hydrogen-bond acceptors (Lipinski definition) is 6. The Balaban J connectivity index is 1.32. The highest BCUT2D eigenvalue weighted by molar-refractivity contribution is 8.26. The summed E-state index contributed by atoms with van der Waals surface area (Å²) in [4.78, 5) is 12.4. The molecular formula is C28H27NO4S2. The van der Waals surface area contributed by atoms with E-state index in [9.17, 15) is 4.79 Å². The summed E-state index contributed by atoms with van der Waals surface area (Å²) in [6.07, 6.45) is 1.78. The topological polar surface area (TPSA) is 56.8 Å². The molecule has 0 aliphatic carbocycles. The standard InChI is InChI=1S/C28H27NO4S2/c1-28(2,20-7-5-4-6-8-20)21-10-12-22(13-11-21)32-15-16-33-23-14-9-19(17-24(23)31-3)18-25-26(30)29-27(34)35-25/h4-14,17-18H,15-16H2,1-3H3,(H,29,30,34). The van der Waals surface area contributed by atoms with Gasteiger partial charge >= 0.3 is 0 Å². The molecule has 0 spiro atoms. The van der Waals surface area contributed by atoms with E-state index < -0.39 is 0 Å². The van der Waals surface area contributed by atoms with E-state index in [0.29, 0.717) is 33.9 Å². The van der Waals surface area contributed by atoms with Crippen molar-refractivity contribution in [2.75, 3.05) is 20.3 Å². The van der Waals surface area contributed by atoms with Crippen LogP contribution in [0.3, 0.4) is 0 Å². The third-order valence-corrected chi connectivity index (χ3v) is 6.97. The molecule has 1 N–H and O–H groups in total. The number of ether oxygens (including phenoxy) is 3. The highest BCUT2D eigenvalue weighted by Crippen LogP contribution is 2.33. The molecule has 1 aliphatic heterocycles. The van der Waals surface area contributed by atoms with Gasteiger partial charge in [-0.3, -0.25) is 4.79 Å². The average molecular weight is 506 g/mol. The average Bonchev–Trinajstić information content (AvgIpc) is 3.19. The molecule has 0 bridgehead atoms. The van der Waals surface area contributed by atoms with Crippen LogP contribution in [0.2, 0.25) is 0 Å². The number of rotatable bonds is 9. The number of hydrogen-bond donors (Lipinski definition) is 1. The van der Waals surface area contributed by atoms with E-state index >= 15 is 0 Å². The van der Waals surface area contributed by atoms with Crippen LogP contribution >= 0.6 is 24.0 Å². The fraction of sp³-hybridized carbons (Fsp3) is 0.214. The molecule has 1 fully saturated rings. The normalized spacial score (nSPS) is 14.7. The summed E-state index contributed by atoms with van der Waals surface area (Å²) in [5.41, 5.74) is 3.23. The summed E-state index contributed by atoms with van der Waals surface area (Å²) in [7, 11) is 1.58. The molecule has 0 unspecified atom stereocenters. The molecule has 1 amide bonds. The maximum absolute atomic E-state index is 11.9. The minimum absolute atomic E-state index is 0.0896. The maximum atomic E-state index is 11.9. The first-order chi connectivity index (χ1) is 16.9. The lowest BCUT2D eigenvalue weighted by Gasteiger charge is -2.26. The van der Waals surface area contributed by atoms with Crippen LogP contribution in [-0.2, 0) is 10.2 Å². The summed E-state index contributed by atoms with van der Waals surface area (Å²) in [6, 6.07) is 24.2. The third-order valence-electron chi connectivity index (χ3n) is 5.81. The van der Waals surface area contributed by atoms with Crippen molar-refractivity contribution in [2.24, 2.45) is 0 Å². The second-order valence-electron chi connectivity index (χ2n) is 8.47. The van der Waals surface area contributed by atoms with Gasteiger partial charge in [0, 0.05) is 5.41 Å².